The summed E-state index contributed by atoms with van der Waals surface area (Å²) in [6.07, 6.45) is 7.56. The first-order valence-corrected chi connectivity index (χ1v) is 10.2. The quantitative estimate of drug-likeness (QED) is 0.801. The molecule has 0 saturated heterocycles. The molecule has 1 amide bonds. The Morgan fingerprint density at radius 2 is 2.11 bits per heavy atom. The lowest BCUT2D eigenvalue weighted by atomic mass is 10.0. The van der Waals surface area contributed by atoms with Crippen LogP contribution in [0.3, 0.4) is 0 Å². The van der Waals surface area contributed by atoms with Crippen LogP contribution in [0.5, 0.6) is 0 Å². The number of rotatable bonds is 6. The fourth-order valence-corrected chi connectivity index (χ4v) is 3.54. The highest BCUT2D eigenvalue weighted by atomic mass is 16.1. The van der Waals surface area contributed by atoms with E-state index in [0.29, 0.717) is 5.56 Å². The molecular weight excluding hydrogens is 352 g/mol. The van der Waals surface area contributed by atoms with Gasteiger partial charge >= 0.3 is 0 Å². The molecule has 0 spiro atoms. The molecule has 1 aliphatic carbocycles. The number of anilines is 2. The van der Waals surface area contributed by atoms with Gasteiger partial charge in [-0.2, -0.15) is 0 Å². The molecule has 1 fully saturated rings. The average Bonchev–Trinajstić information content (AvgIpc) is 3.52. The van der Waals surface area contributed by atoms with Crippen molar-refractivity contribution in [3.05, 3.63) is 41.5 Å². The lowest BCUT2D eigenvalue weighted by Gasteiger charge is -2.20. The van der Waals surface area contributed by atoms with E-state index in [1.54, 1.807) is 12.5 Å². The van der Waals surface area contributed by atoms with Crippen LogP contribution in [0.25, 0.3) is 0 Å². The van der Waals surface area contributed by atoms with Crippen molar-refractivity contribution in [2.24, 2.45) is 5.92 Å². The molecule has 3 heterocycles. The topological polar surface area (TPSA) is 83.0 Å². The summed E-state index contributed by atoms with van der Waals surface area (Å²) in [5, 5.41) is 6.45. The minimum absolute atomic E-state index is 0.0551. The third-order valence-electron chi connectivity index (χ3n) is 5.27. The largest absolute Gasteiger partial charge is 0.369 e. The van der Waals surface area contributed by atoms with Gasteiger partial charge in [0, 0.05) is 44.0 Å². The average molecular weight is 380 g/mol. The van der Waals surface area contributed by atoms with Crippen molar-refractivity contribution in [2.45, 2.75) is 45.6 Å². The van der Waals surface area contributed by atoms with Gasteiger partial charge in [-0.3, -0.25) is 4.79 Å². The van der Waals surface area contributed by atoms with Crippen molar-refractivity contribution in [1.29, 1.82) is 0 Å². The maximum atomic E-state index is 12.8. The molecule has 28 heavy (non-hydrogen) atoms. The fraction of sp³-hybridized carbons (Fsp3) is 0.524. The van der Waals surface area contributed by atoms with E-state index in [2.05, 4.69) is 25.5 Å². The lowest BCUT2D eigenvalue weighted by Crippen LogP contribution is -2.31. The Bertz CT molecular complexity index is 834. The van der Waals surface area contributed by atoms with Crippen LogP contribution in [0.4, 0.5) is 11.6 Å². The van der Waals surface area contributed by atoms with Crippen LogP contribution in [0.2, 0.25) is 0 Å². The van der Waals surface area contributed by atoms with Crippen molar-refractivity contribution in [3.8, 4) is 0 Å². The van der Waals surface area contributed by atoms with Crippen molar-refractivity contribution in [3.63, 3.8) is 0 Å². The number of hydrogen-bond donors (Lipinski definition) is 2. The number of nitrogens with one attached hydrogen (secondary N) is 2. The molecular formula is C21H28N6O. The van der Waals surface area contributed by atoms with Crippen molar-refractivity contribution in [2.75, 3.05) is 29.9 Å². The summed E-state index contributed by atoms with van der Waals surface area (Å²) in [5.74, 6) is 2.32. The third kappa shape index (κ3) is 4.40. The summed E-state index contributed by atoms with van der Waals surface area (Å²) in [4.78, 5) is 28.3. The van der Waals surface area contributed by atoms with E-state index in [1.165, 1.54) is 12.8 Å². The fourth-order valence-electron chi connectivity index (χ4n) is 3.54. The van der Waals surface area contributed by atoms with Crippen LogP contribution in [0, 0.1) is 5.92 Å². The summed E-state index contributed by atoms with van der Waals surface area (Å²) in [6.45, 7) is 6.56. The molecule has 2 aliphatic rings. The molecule has 1 aliphatic heterocycles. The van der Waals surface area contributed by atoms with Gasteiger partial charge < -0.3 is 15.5 Å². The minimum atomic E-state index is -0.0551. The summed E-state index contributed by atoms with van der Waals surface area (Å²) in [6, 6.07) is 4.07. The van der Waals surface area contributed by atoms with E-state index < -0.39 is 0 Å². The van der Waals surface area contributed by atoms with Gasteiger partial charge in [0.25, 0.3) is 5.91 Å². The smallest absolute Gasteiger partial charge is 0.255 e. The van der Waals surface area contributed by atoms with Crippen molar-refractivity contribution < 1.29 is 4.79 Å². The second-order valence-electron chi connectivity index (χ2n) is 8.00. The van der Waals surface area contributed by atoms with E-state index >= 15 is 0 Å². The van der Waals surface area contributed by atoms with Crippen LogP contribution in [0.15, 0.2) is 24.7 Å². The van der Waals surface area contributed by atoms with Crippen molar-refractivity contribution in [1.82, 2.24) is 20.3 Å². The molecule has 0 bridgehead atoms. The molecule has 2 aromatic rings. The van der Waals surface area contributed by atoms with Crippen LogP contribution in [0.1, 0.15) is 48.3 Å². The van der Waals surface area contributed by atoms with Gasteiger partial charge in [0.15, 0.2) is 0 Å². The van der Waals surface area contributed by atoms with Crippen LogP contribution in [-0.2, 0) is 12.8 Å². The minimum Gasteiger partial charge on any atom is -0.369 e. The molecule has 7 heteroatoms. The Morgan fingerprint density at radius 1 is 1.29 bits per heavy atom. The number of nitrogens with zero attached hydrogens (tertiary/aromatic N) is 4. The van der Waals surface area contributed by atoms with E-state index in [1.807, 2.05) is 26.0 Å². The molecule has 0 aromatic carbocycles. The molecule has 4 rings (SSSR count). The molecule has 0 atom stereocenters. The van der Waals surface area contributed by atoms with E-state index in [4.69, 9.17) is 4.98 Å². The molecule has 2 N–H and O–H groups in total. The van der Waals surface area contributed by atoms with Gasteiger partial charge in [0.05, 0.1) is 5.56 Å². The van der Waals surface area contributed by atoms with Crippen LogP contribution >= 0.6 is 0 Å². The first kappa shape index (κ1) is 18.7. The van der Waals surface area contributed by atoms with Gasteiger partial charge in [0.2, 0.25) is 0 Å². The van der Waals surface area contributed by atoms with Crippen LogP contribution in [-0.4, -0.2) is 46.5 Å². The standard InChI is InChI=1S/C21H28N6O/c1-14(2)25-21(28)17-11-16-6-9-27(19-5-8-22-13-24-19)10-7-18(16)26-20(17)23-12-15-3-4-15/h5,8,11,13-15H,3-4,6-7,9-10,12H2,1-2H3,(H,23,26)(H,25,28). The number of carbonyl (C=O) groups excluding carboxylic acids is 1. The van der Waals surface area contributed by atoms with E-state index in [-0.39, 0.29) is 11.9 Å². The van der Waals surface area contributed by atoms with Gasteiger partial charge in [-0.25, -0.2) is 15.0 Å². The zero-order valence-corrected chi connectivity index (χ0v) is 16.6. The maximum absolute atomic E-state index is 12.8. The monoisotopic (exact) mass is 380 g/mol. The number of amides is 1. The highest BCUT2D eigenvalue weighted by molar-refractivity contribution is 5.99. The van der Waals surface area contributed by atoms with Gasteiger partial charge in [-0.15, -0.1) is 0 Å². The number of pyridine rings is 1. The Morgan fingerprint density at radius 3 is 2.82 bits per heavy atom. The van der Waals surface area contributed by atoms with E-state index in [0.717, 1.165) is 61.3 Å². The highest BCUT2D eigenvalue weighted by Crippen LogP contribution is 2.30. The van der Waals surface area contributed by atoms with Crippen molar-refractivity contribution >= 4 is 17.5 Å². The van der Waals surface area contributed by atoms with Crippen LogP contribution < -0.4 is 15.5 Å². The first-order chi connectivity index (χ1) is 13.6. The second kappa shape index (κ2) is 8.12. The SMILES string of the molecule is CC(C)NC(=O)c1cc2c(nc1NCC1CC1)CCN(c1ccncn1)CC2. The molecule has 7 nitrogen and oxygen atoms in total. The van der Waals surface area contributed by atoms with Gasteiger partial charge in [-0.05, 0) is 56.7 Å². The number of fused-ring (bicyclic) bond motifs is 1. The number of hydrogen-bond acceptors (Lipinski definition) is 6. The van der Waals surface area contributed by atoms with Gasteiger partial charge in [-0.1, -0.05) is 0 Å². The molecule has 0 unspecified atom stereocenters. The Hall–Kier alpha value is -2.70. The van der Waals surface area contributed by atoms with E-state index in [9.17, 15) is 4.79 Å². The summed E-state index contributed by atoms with van der Waals surface area (Å²) < 4.78 is 0. The normalized spacial score (nSPS) is 16.5. The molecule has 2 aromatic heterocycles. The first-order valence-electron chi connectivity index (χ1n) is 10.2. The molecule has 0 radical (unpaired) electrons. The predicted molar refractivity (Wildman–Crippen MR) is 110 cm³/mol. The predicted octanol–water partition coefficient (Wildman–Crippen LogP) is 2.44. The third-order valence-corrected chi connectivity index (χ3v) is 5.27. The van der Waals surface area contributed by atoms with Gasteiger partial charge in [0.1, 0.15) is 18.0 Å². The molecule has 148 valence electrons. The summed E-state index contributed by atoms with van der Waals surface area (Å²) >= 11 is 0. The Balaban J connectivity index is 1.58. The zero-order chi connectivity index (χ0) is 19.5. The Labute approximate surface area is 166 Å². The summed E-state index contributed by atoms with van der Waals surface area (Å²) in [7, 11) is 0. The lowest BCUT2D eigenvalue weighted by molar-refractivity contribution is 0.0943. The maximum Gasteiger partial charge on any atom is 0.255 e. The second-order valence-corrected chi connectivity index (χ2v) is 8.00. The number of carbonyl (C=O) groups is 1. The number of aromatic nitrogens is 3. The molecule has 1 saturated carbocycles. The summed E-state index contributed by atoms with van der Waals surface area (Å²) in [5.41, 5.74) is 2.89. The Kier molecular flexibility index (Phi) is 5.41. The highest BCUT2D eigenvalue weighted by Gasteiger charge is 2.24. The zero-order valence-electron chi connectivity index (χ0n) is 16.6.